The van der Waals surface area contributed by atoms with Gasteiger partial charge < -0.3 is 20.3 Å². The Labute approximate surface area is 193 Å². The van der Waals surface area contributed by atoms with Gasteiger partial charge in [-0.1, -0.05) is 19.4 Å². The number of ether oxygens (including phenoxy) is 1. The topological polar surface area (TPSA) is 94.5 Å². The summed E-state index contributed by atoms with van der Waals surface area (Å²) in [7, 11) is -7.29. The molecule has 0 aromatic heterocycles. The third-order valence-electron chi connectivity index (χ3n) is 5.59. The van der Waals surface area contributed by atoms with Crippen molar-refractivity contribution in [1.82, 2.24) is 10.2 Å². The van der Waals surface area contributed by atoms with Crippen LogP contribution in [0.15, 0.2) is 46.1 Å². The summed E-state index contributed by atoms with van der Waals surface area (Å²) in [5, 5.41) is 13.3. The Hall–Kier alpha value is -3.09. The summed E-state index contributed by atoms with van der Waals surface area (Å²) in [5.41, 5.74) is 0.321. The minimum Gasteiger partial charge on any atom is -0.497 e. The smallest absolute Gasteiger partial charge is 0.310 e. The van der Waals surface area contributed by atoms with Crippen molar-refractivity contribution in [2.24, 2.45) is 5.92 Å². The van der Waals surface area contributed by atoms with E-state index in [9.17, 15) is 29.0 Å². The number of hydrogen-bond donors (Lipinski definition) is 3. The summed E-state index contributed by atoms with van der Waals surface area (Å²) in [5.74, 6) is -1.46. The van der Waals surface area contributed by atoms with Crippen LogP contribution in [0.1, 0.15) is 23.7 Å². The van der Waals surface area contributed by atoms with E-state index in [2.05, 4.69) is 10.6 Å². The molecular formula is C21H25F5N4O3S. The van der Waals surface area contributed by atoms with E-state index in [1.807, 2.05) is 0 Å². The fraction of sp³-hybridized carbons (Fsp3) is 0.381. The number of nitrogens with zero attached hydrogens (tertiary/aromatic N) is 1. The predicted molar refractivity (Wildman–Crippen MR) is 120 cm³/mol. The van der Waals surface area contributed by atoms with Gasteiger partial charge in [-0.25, -0.2) is 0 Å². The number of benzene rings is 1. The van der Waals surface area contributed by atoms with E-state index >= 15 is 0 Å². The number of rotatable bonds is 8. The average molecular weight is 509 g/mol. The summed E-state index contributed by atoms with van der Waals surface area (Å²) in [6.07, 6.45) is 1.79. The van der Waals surface area contributed by atoms with Crippen LogP contribution in [0.25, 0.3) is 0 Å². The SMILES string of the molecule is CCOC1=CC2=C(CC1C(=O)NC)C(=N)N(CC(=O)c1cc(NC)cc(S(F)(F)(F)(F)F)c1)C2. The number of Topliss-reactive ketones (excluding diaryl/α,β-unsaturated/α-hetero) is 1. The molecule has 7 nitrogen and oxygen atoms in total. The zero-order valence-corrected chi connectivity index (χ0v) is 19.5. The number of halogens is 5. The lowest BCUT2D eigenvalue weighted by molar-refractivity contribution is -0.124. The van der Waals surface area contributed by atoms with E-state index in [0.717, 1.165) is 6.07 Å². The quantitative estimate of drug-likeness (QED) is 0.345. The van der Waals surface area contributed by atoms with Gasteiger partial charge >= 0.3 is 10.2 Å². The molecule has 0 fully saturated rings. The lowest BCUT2D eigenvalue weighted by atomic mass is 9.88. The first-order valence-electron chi connectivity index (χ1n) is 10.3. The van der Waals surface area contributed by atoms with Gasteiger partial charge in [-0.05, 0) is 43.2 Å². The molecule has 34 heavy (non-hydrogen) atoms. The Morgan fingerprint density at radius 1 is 1.18 bits per heavy atom. The number of ketones is 1. The van der Waals surface area contributed by atoms with Gasteiger partial charge in [0.05, 0.1) is 19.1 Å². The molecule has 1 atom stereocenters. The maximum atomic E-state index is 13.4. The van der Waals surface area contributed by atoms with Crippen molar-refractivity contribution in [2.45, 2.75) is 18.2 Å². The summed E-state index contributed by atoms with van der Waals surface area (Å²) >= 11 is 0. The number of carbonyl (C=O) groups excluding carboxylic acids is 2. The molecule has 1 aliphatic heterocycles. The van der Waals surface area contributed by atoms with E-state index < -0.39 is 38.9 Å². The Morgan fingerprint density at radius 2 is 1.85 bits per heavy atom. The van der Waals surface area contributed by atoms with Gasteiger partial charge in [0.15, 0.2) is 5.78 Å². The van der Waals surface area contributed by atoms with Crippen LogP contribution in [0.5, 0.6) is 0 Å². The highest BCUT2D eigenvalue weighted by molar-refractivity contribution is 8.45. The Bertz CT molecular complexity index is 1130. The third-order valence-corrected chi connectivity index (χ3v) is 6.72. The van der Waals surface area contributed by atoms with Crippen LogP contribution in [0.4, 0.5) is 25.1 Å². The molecule has 1 heterocycles. The van der Waals surface area contributed by atoms with Crippen molar-refractivity contribution in [3.63, 3.8) is 0 Å². The molecule has 3 N–H and O–H groups in total. The molecule has 1 unspecified atom stereocenters. The zero-order valence-electron chi connectivity index (χ0n) is 18.7. The molecular weight excluding hydrogens is 483 g/mol. The van der Waals surface area contributed by atoms with Crippen LogP contribution in [-0.4, -0.2) is 56.2 Å². The van der Waals surface area contributed by atoms with Crippen molar-refractivity contribution < 1.29 is 33.8 Å². The van der Waals surface area contributed by atoms with Crippen molar-refractivity contribution in [1.29, 1.82) is 5.41 Å². The molecule has 2 aliphatic rings. The monoisotopic (exact) mass is 508 g/mol. The van der Waals surface area contributed by atoms with Gasteiger partial charge in [0.1, 0.15) is 16.5 Å². The summed E-state index contributed by atoms with van der Waals surface area (Å²) in [6, 6.07) is 1.46. The van der Waals surface area contributed by atoms with Gasteiger partial charge in [0.2, 0.25) is 5.91 Å². The summed E-state index contributed by atoms with van der Waals surface area (Å²) < 4.78 is 72.4. The summed E-state index contributed by atoms with van der Waals surface area (Å²) in [6.45, 7) is 1.67. The van der Waals surface area contributed by atoms with Gasteiger partial charge in [0, 0.05) is 37.5 Å². The number of nitrogens with one attached hydrogen (secondary N) is 3. The second kappa shape index (κ2) is 8.00. The van der Waals surface area contributed by atoms with E-state index in [1.165, 1.54) is 19.0 Å². The molecule has 0 saturated carbocycles. The molecule has 3 rings (SSSR count). The van der Waals surface area contributed by atoms with Crippen molar-refractivity contribution >= 4 is 33.4 Å². The highest BCUT2D eigenvalue weighted by Gasteiger charge is 2.65. The highest BCUT2D eigenvalue weighted by atomic mass is 32.5. The summed E-state index contributed by atoms with van der Waals surface area (Å²) in [4.78, 5) is 24.2. The van der Waals surface area contributed by atoms with Gasteiger partial charge in [0.25, 0.3) is 0 Å². The van der Waals surface area contributed by atoms with Crippen LogP contribution < -0.4 is 10.6 Å². The van der Waals surface area contributed by atoms with Gasteiger partial charge in [-0.3, -0.25) is 15.0 Å². The van der Waals surface area contributed by atoms with Crippen molar-refractivity contribution in [2.75, 3.05) is 39.1 Å². The van der Waals surface area contributed by atoms with E-state index in [1.54, 1.807) is 13.0 Å². The maximum absolute atomic E-state index is 13.4. The first-order valence-corrected chi connectivity index (χ1v) is 12.2. The second-order valence-electron chi connectivity index (χ2n) is 7.95. The average Bonchev–Trinajstić information content (AvgIpc) is 3.05. The van der Waals surface area contributed by atoms with Crippen LogP contribution in [-0.2, 0) is 9.53 Å². The molecule has 1 aliphatic carbocycles. The van der Waals surface area contributed by atoms with Crippen LogP contribution >= 0.6 is 10.2 Å². The van der Waals surface area contributed by atoms with E-state index in [0.29, 0.717) is 23.5 Å². The molecule has 0 radical (unpaired) electrons. The zero-order chi connectivity index (χ0) is 25.5. The first kappa shape index (κ1) is 25.5. The maximum Gasteiger partial charge on any atom is 0.310 e. The molecule has 0 spiro atoms. The second-order valence-corrected chi connectivity index (χ2v) is 10.4. The lowest BCUT2D eigenvalue weighted by Crippen LogP contribution is -2.34. The Kier molecular flexibility index (Phi) is 6.01. The minimum atomic E-state index is -10.0. The minimum absolute atomic E-state index is 0.0539. The van der Waals surface area contributed by atoms with Crippen LogP contribution in [0.3, 0.4) is 0 Å². The molecule has 0 saturated heterocycles. The van der Waals surface area contributed by atoms with Crippen LogP contribution in [0.2, 0.25) is 0 Å². The number of anilines is 1. The lowest BCUT2D eigenvalue weighted by Gasteiger charge is -2.40. The number of amidine groups is 1. The molecule has 1 aromatic carbocycles. The van der Waals surface area contributed by atoms with Crippen molar-refractivity contribution in [3.8, 4) is 0 Å². The number of carbonyl (C=O) groups is 2. The van der Waals surface area contributed by atoms with Gasteiger partial charge in [-0.15, -0.1) is 0 Å². The van der Waals surface area contributed by atoms with Gasteiger partial charge in [-0.2, -0.15) is 0 Å². The fourth-order valence-corrected chi connectivity index (χ4v) is 4.59. The molecule has 1 aromatic rings. The van der Waals surface area contributed by atoms with E-state index in [4.69, 9.17) is 10.1 Å². The fourth-order valence-electron chi connectivity index (χ4n) is 3.89. The van der Waals surface area contributed by atoms with E-state index in [-0.39, 0.29) is 42.5 Å². The molecule has 0 bridgehead atoms. The first-order chi connectivity index (χ1) is 15.6. The third kappa shape index (κ3) is 5.18. The Morgan fingerprint density at radius 3 is 2.41 bits per heavy atom. The highest BCUT2D eigenvalue weighted by Crippen LogP contribution is 3.02. The molecule has 13 heteroatoms. The Balaban J connectivity index is 1.86. The predicted octanol–water partition coefficient (Wildman–Crippen LogP) is 4.84. The molecule has 188 valence electrons. The number of amides is 1. The largest absolute Gasteiger partial charge is 0.497 e. The number of hydrogen-bond acceptors (Lipinski definition) is 5. The van der Waals surface area contributed by atoms with Crippen LogP contribution in [0, 0.1) is 11.3 Å². The van der Waals surface area contributed by atoms with Crippen molar-refractivity contribution in [3.05, 3.63) is 46.7 Å². The standard InChI is InChI=1S/C21H25F5N4O3S/c1-4-33-19-7-13-10-30(20(27)16(13)9-17(19)21(32)29-3)11-18(31)12-5-14(28-2)8-15(6-12)34(22,23,24,25)26/h5-8,17,27-28H,4,9-11H2,1-3H3,(H,29,32). The normalized spacial score (nSPS) is 20.2. The molecule has 1 amide bonds.